The fraction of sp³-hybridized carbons (Fsp3) is 0.385. The minimum Gasteiger partial charge on any atom is -0.508 e. The first-order valence-corrected chi connectivity index (χ1v) is 6.08. The second-order valence-corrected chi connectivity index (χ2v) is 3.57. The fourth-order valence-corrected chi connectivity index (χ4v) is 1.80. The topological polar surface area (TPSA) is 20.2 Å². The predicted octanol–water partition coefficient (Wildman–Crippen LogP) is 5.28. The maximum Gasteiger partial charge on any atom is 0.117 e. The molecule has 1 aromatic heterocycles. The normalized spacial score (nSPS) is 7.80. The minimum atomic E-state index is 0.115. The Labute approximate surface area is 97.8 Å². The smallest absolute Gasteiger partial charge is 0.117 e. The third-order valence-corrected chi connectivity index (χ3v) is 2.43. The van der Waals surface area contributed by atoms with Crippen LogP contribution in [0.4, 0.5) is 0 Å². The molecule has 0 saturated heterocycles. The van der Waals surface area contributed by atoms with Crippen molar-refractivity contribution in [1.82, 2.24) is 0 Å². The number of hydrogen-bond acceptors (Lipinski definition) is 2. The quantitative estimate of drug-likeness (QED) is 0.680. The van der Waals surface area contributed by atoms with Crippen LogP contribution in [0.3, 0.4) is 0 Å². The molecule has 1 N–H and O–H groups in total. The van der Waals surface area contributed by atoms with Crippen molar-refractivity contribution in [1.29, 1.82) is 0 Å². The van der Waals surface area contributed by atoms with Gasteiger partial charge in [0.2, 0.25) is 0 Å². The van der Waals surface area contributed by atoms with Crippen LogP contribution in [-0.2, 0) is 0 Å². The molecule has 0 fully saturated rings. The Balaban J connectivity index is 0. The monoisotopic (exact) mass is 226 g/mol. The van der Waals surface area contributed by atoms with Gasteiger partial charge in [0.25, 0.3) is 0 Å². The standard InChI is InChI=1S/C9H10OS.2C2H6/c1-4-9-8(7(3)10)5-6(2)11-9;2*1-2/h4-5,10H,1,3H2,2H3;2*1-2H3. The number of aliphatic hydroxyl groups is 1. The van der Waals surface area contributed by atoms with Crippen molar-refractivity contribution in [3.8, 4) is 0 Å². The van der Waals surface area contributed by atoms with E-state index in [1.165, 1.54) is 0 Å². The second kappa shape index (κ2) is 9.53. The van der Waals surface area contributed by atoms with Crippen LogP contribution >= 0.6 is 11.3 Å². The molecule has 0 atom stereocenters. The van der Waals surface area contributed by atoms with E-state index in [0.717, 1.165) is 15.3 Å². The van der Waals surface area contributed by atoms with Gasteiger partial charge in [-0.1, -0.05) is 46.9 Å². The highest BCUT2D eigenvalue weighted by molar-refractivity contribution is 7.13. The third kappa shape index (κ3) is 5.43. The molecule has 0 aliphatic heterocycles. The van der Waals surface area contributed by atoms with Crippen molar-refractivity contribution in [2.75, 3.05) is 0 Å². The second-order valence-electron chi connectivity index (χ2n) is 2.29. The lowest BCUT2D eigenvalue weighted by Gasteiger charge is -1.93. The lowest BCUT2D eigenvalue weighted by molar-refractivity contribution is 0.514. The van der Waals surface area contributed by atoms with Crippen LogP contribution in [0.2, 0.25) is 0 Å². The van der Waals surface area contributed by atoms with Crippen molar-refractivity contribution in [2.24, 2.45) is 0 Å². The van der Waals surface area contributed by atoms with E-state index in [0.29, 0.717) is 0 Å². The molecule has 0 saturated carbocycles. The lowest BCUT2D eigenvalue weighted by atomic mass is 10.2. The zero-order valence-electron chi connectivity index (χ0n) is 10.4. The average molecular weight is 226 g/mol. The molecule has 1 aromatic rings. The molecule has 1 nitrogen and oxygen atoms in total. The highest BCUT2D eigenvalue weighted by atomic mass is 32.1. The number of aliphatic hydroxyl groups excluding tert-OH is 1. The van der Waals surface area contributed by atoms with Gasteiger partial charge in [0.1, 0.15) is 5.76 Å². The molecule has 1 rings (SSSR count). The van der Waals surface area contributed by atoms with Crippen LogP contribution in [0.15, 0.2) is 19.2 Å². The lowest BCUT2D eigenvalue weighted by Crippen LogP contribution is -1.77. The summed E-state index contributed by atoms with van der Waals surface area (Å²) in [5, 5.41) is 9.11. The van der Waals surface area contributed by atoms with Gasteiger partial charge in [-0.3, -0.25) is 0 Å². The van der Waals surface area contributed by atoms with Crippen molar-refractivity contribution in [3.05, 3.63) is 34.5 Å². The van der Waals surface area contributed by atoms with Crippen molar-refractivity contribution < 1.29 is 5.11 Å². The van der Waals surface area contributed by atoms with E-state index < -0.39 is 0 Å². The molecular formula is C13H22OS. The maximum absolute atomic E-state index is 9.11. The summed E-state index contributed by atoms with van der Waals surface area (Å²) in [6.45, 7) is 17.1. The zero-order valence-corrected chi connectivity index (χ0v) is 11.2. The first-order chi connectivity index (χ1) is 7.15. The number of hydrogen-bond donors (Lipinski definition) is 1. The number of rotatable bonds is 2. The fourth-order valence-electron chi connectivity index (χ4n) is 0.909. The number of thiophene rings is 1. The van der Waals surface area contributed by atoms with Crippen LogP contribution < -0.4 is 0 Å². The largest absolute Gasteiger partial charge is 0.508 e. The summed E-state index contributed by atoms with van der Waals surface area (Å²) in [5.41, 5.74) is 0.794. The molecule has 0 spiro atoms. The summed E-state index contributed by atoms with van der Waals surface area (Å²) in [7, 11) is 0. The molecule has 0 bridgehead atoms. The Morgan fingerprint density at radius 2 is 1.80 bits per heavy atom. The SMILES string of the molecule is C=Cc1sc(C)cc1C(=C)O.CC.CC. The summed E-state index contributed by atoms with van der Waals surface area (Å²) < 4.78 is 0. The van der Waals surface area contributed by atoms with E-state index >= 15 is 0 Å². The Morgan fingerprint density at radius 1 is 1.33 bits per heavy atom. The Bertz CT molecular complexity index is 297. The summed E-state index contributed by atoms with van der Waals surface area (Å²) in [5.74, 6) is 0.115. The van der Waals surface area contributed by atoms with Gasteiger partial charge in [-0.05, 0) is 13.0 Å². The minimum absolute atomic E-state index is 0.115. The molecule has 0 aliphatic carbocycles. The van der Waals surface area contributed by atoms with Crippen LogP contribution in [0, 0.1) is 6.92 Å². The maximum atomic E-state index is 9.11. The Kier molecular flexibility index (Phi) is 10.4. The van der Waals surface area contributed by atoms with Gasteiger partial charge >= 0.3 is 0 Å². The van der Waals surface area contributed by atoms with Gasteiger partial charge in [-0.15, -0.1) is 11.3 Å². The van der Waals surface area contributed by atoms with Gasteiger partial charge < -0.3 is 5.11 Å². The molecule has 0 radical (unpaired) electrons. The summed E-state index contributed by atoms with van der Waals surface area (Å²) in [4.78, 5) is 2.14. The van der Waals surface area contributed by atoms with Crippen molar-refractivity contribution in [2.45, 2.75) is 34.6 Å². The molecule has 15 heavy (non-hydrogen) atoms. The van der Waals surface area contributed by atoms with Crippen LogP contribution in [0.1, 0.15) is 43.0 Å². The van der Waals surface area contributed by atoms with Gasteiger partial charge in [0, 0.05) is 15.3 Å². The molecule has 0 aromatic carbocycles. The third-order valence-electron chi connectivity index (χ3n) is 1.38. The highest BCUT2D eigenvalue weighted by Crippen LogP contribution is 2.26. The van der Waals surface area contributed by atoms with Crippen LogP contribution in [0.5, 0.6) is 0 Å². The first-order valence-electron chi connectivity index (χ1n) is 5.26. The van der Waals surface area contributed by atoms with E-state index in [9.17, 15) is 0 Å². The number of aryl methyl sites for hydroxylation is 1. The van der Waals surface area contributed by atoms with Crippen molar-refractivity contribution in [3.63, 3.8) is 0 Å². The summed E-state index contributed by atoms with van der Waals surface area (Å²) >= 11 is 1.60. The summed E-state index contributed by atoms with van der Waals surface area (Å²) in [6, 6.07) is 1.91. The zero-order chi connectivity index (χ0) is 12.4. The van der Waals surface area contributed by atoms with Gasteiger partial charge in [0.15, 0.2) is 0 Å². The van der Waals surface area contributed by atoms with Gasteiger partial charge in [0.05, 0.1) is 0 Å². The van der Waals surface area contributed by atoms with Gasteiger partial charge in [-0.25, -0.2) is 0 Å². The van der Waals surface area contributed by atoms with E-state index in [4.69, 9.17) is 5.11 Å². The van der Waals surface area contributed by atoms with Crippen LogP contribution in [0.25, 0.3) is 11.8 Å². The van der Waals surface area contributed by atoms with Gasteiger partial charge in [-0.2, -0.15) is 0 Å². The predicted molar refractivity (Wildman–Crippen MR) is 73.5 cm³/mol. The Morgan fingerprint density at radius 3 is 2.07 bits per heavy atom. The summed E-state index contributed by atoms with van der Waals surface area (Å²) in [6.07, 6.45) is 1.73. The molecule has 0 amide bonds. The van der Waals surface area contributed by atoms with Crippen molar-refractivity contribution >= 4 is 23.2 Å². The Hall–Kier alpha value is -1.02. The molecule has 86 valence electrons. The average Bonchev–Trinajstić information content (AvgIpc) is 2.65. The molecule has 2 heteroatoms. The van der Waals surface area contributed by atoms with E-state index in [-0.39, 0.29) is 5.76 Å². The van der Waals surface area contributed by atoms with E-state index in [1.54, 1.807) is 17.4 Å². The molecular weight excluding hydrogens is 204 g/mol. The molecule has 0 unspecified atom stereocenters. The van der Waals surface area contributed by atoms with Crippen LogP contribution in [-0.4, -0.2) is 5.11 Å². The van der Waals surface area contributed by atoms with E-state index in [2.05, 4.69) is 13.2 Å². The highest BCUT2D eigenvalue weighted by Gasteiger charge is 2.05. The molecule has 0 aliphatic rings. The first kappa shape index (κ1) is 16.4. The van der Waals surface area contributed by atoms with E-state index in [1.807, 2.05) is 40.7 Å². The molecule has 1 heterocycles.